The van der Waals surface area contributed by atoms with Crippen LogP contribution in [0.2, 0.25) is 0 Å². The molecule has 0 saturated carbocycles. The fourth-order valence-electron chi connectivity index (χ4n) is 4.98. The third kappa shape index (κ3) is 5.86. The minimum Gasteiger partial charge on any atom is -0.444 e. The Morgan fingerprint density at radius 3 is 2.31 bits per heavy atom. The zero-order valence-electron chi connectivity index (χ0n) is 21.8. The molecule has 2 aliphatic rings. The van der Waals surface area contributed by atoms with Crippen LogP contribution in [0.25, 0.3) is 5.69 Å². The first-order chi connectivity index (χ1) is 16.7. The smallest absolute Gasteiger partial charge is 0.410 e. The Labute approximate surface area is 208 Å². The molecule has 1 aromatic heterocycles. The Balaban J connectivity index is 1.59. The number of aryl methyl sites for hydroxylation is 1. The van der Waals surface area contributed by atoms with Crippen molar-refractivity contribution in [3.63, 3.8) is 0 Å². The molecule has 0 bridgehead atoms. The third-order valence-electron chi connectivity index (χ3n) is 6.92. The normalized spacial score (nSPS) is 18.1. The summed E-state index contributed by atoms with van der Waals surface area (Å²) in [5.41, 5.74) is 3.24. The maximum absolute atomic E-state index is 13.7. The van der Waals surface area contributed by atoms with E-state index in [4.69, 9.17) is 9.84 Å². The molecule has 1 aromatic carbocycles. The number of nitrogens with zero attached hydrogens (tertiary/aromatic N) is 5. The molecule has 2 saturated heterocycles. The van der Waals surface area contributed by atoms with Crippen LogP contribution in [0.1, 0.15) is 68.1 Å². The van der Waals surface area contributed by atoms with Crippen molar-refractivity contribution < 1.29 is 14.3 Å². The first-order valence-corrected chi connectivity index (χ1v) is 12.8. The lowest BCUT2D eigenvalue weighted by molar-refractivity contribution is 0.0202. The highest BCUT2D eigenvalue weighted by Crippen LogP contribution is 2.33. The van der Waals surface area contributed by atoms with Gasteiger partial charge >= 0.3 is 6.09 Å². The molecule has 0 atom stereocenters. The van der Waals surface area contributed by atoms with Gasteiger partial charge in [0.25, 0.3) is 5.91 Å². The van der Waals surface area contributed by atoms with E-state index in [2.05, 4.69) is 30.9 Å². The van der Waals surface area contributed by atoms with Crippen LogP contribution in [0, 0.1) is 6.92 Å². The molecule has 2 amide bonds. The first-order valence-electron chi connectivity index (χ1n) is 12.8. The van der Waals surface area contributed by atoms with Crippen LogP contribution in [0.5, 0.6) is 0 Å². The zero-order chi connectivity index (χ0) is 25.2. The number of ether oxygens (including phenoxy) is 1. The number of likely N-dealkylation sites (N-methyl/N-ethyl adjacent to an activating group) is 1. The predicted molar refractivity (Wildman–Crippen MR) is 136 cm³/mol. The quantitative estimate of drug-likeness (QED) is 0.658. The van der Waals surface area contributed by atoms with Crippen LogP contribution >= 0.6 is 0 Å². The van der Waals surface area contributed by atoms with Gasteiger partial charge in [0, 0.05) is 45.2 Å². The number of carbonyl (C=O) groups is 2. The van der Waals surface area contributed by atoms with Crippen LogP contribution in [-0.4, -0.2) is 87.9 Å². The number of likely N-dealkylation sites (tertiary alicyclic amines) is 1. The highest BCUT2D eigenvalue weighted by molar-refractivity contribution is 5.95. The van der Waals surface area contributed by atoms with E-state index >= 15 is 0 Å². The molecule has 2 fully saturated rings. The van der Waals surface area contributed by atoms with Gasteiger partial charge in [-0.1, -0.05) is 19.1 Å². The Bertz CT molecular complexity index is 1040. The fraction of sp³-hybridized carbons (Fsp3) is 0.593. The van der Waals surface area contributed by atoms with Crippen LogP contribution in [-0.2, 0) is 4.74 Å². The number of carbonyl (C=O) groups excluding carboxylic acids is 2. The van der Waals surface area contributed by atoms with Crippen molar-refractivity contribution in [3.8, 4) is 5.69 Å². The van der Waals surface area contributed by atoms with Crippen molar-refractivity contribution in [2.75, 3.05) is 45.8 Å². The second kappa shape index (κ2) is 10.4. The molecule has 0 N–H and O–H groups in total. The van der Waals surface area contributed by atoms with Gasteiger partial charge in [-0.25, -0.2) is 9.48 Å². The maximum Gasteiger partial charge on any atom is 0.410 e. The van der Waals surface area contributed by atoms with Gasteiger partial charge in [0.2, 0.25) is 0 Å². The summed E-state index contributed by atoms with van der Waals surface area (Å²) < 4.78 is 7.51. The Hall–Kier alpha value is -2.87. The lowest BCUT2D eigenvalue weighted by Crippen LogP contribution is -2.48. The summed E-state index contributed by atoms with van der Waals surface area (Å²) in [4.78, 5) is 32.4. The molecule has 35 heavy (non-hydrogen) atoms. The zero-order valence-corrected chi connectivity index (χ0v) is 21.8. The van der Waals surface area contributed by atoms with Crippen molar-refractivity contribution in [3.05, 3.63) is 47.3 Å². The molecule has 0 aliphatic carbocycles. The molecule has 190 valence electrons. The monoisotopic (exact) mass is 481 g/mol. The Morgan fingerprint density at radius 2 is 1.71 bits per heavy atom. The van der Waals surface area contributed by atoms with Gasteiger partial charge in [0.1, 0.15) is 5.60 Å². The second-order valence-corrected chi connectivity index (χ2v) is 10.7. The van der Waals surface area contributed by atoms with Crippen LogP contribution < -0.4 is 0 Å². The van der Waals surface area contributed by atoms with E-state index in [1.807, 2.05) is 42.5 Å². The standard InChI is InChI=1S/C27H39N5O3/c1-6-29-14-16-30(17-15-29)25(33)23-19-28-32(22-9-7-8-20(2)18-22)24(23)21-10-12-31(13-11-21)26(34)35-27(3,4)5/h7-9,18-19,21H,6,10-17H2,1-5H3. The number of piperazine rings is 1. The average molecular weight is 482 g/mol. The number of amides is 2. The van der Waals surface area contributed by atoms with Gasteiger partial charge in [-0.3, -0.25) is 4.79 Å². The van der Waals surface area contributed by atoms with Crippen LogP contribution in [0.3, 0.4) is 0 Å². The number of hydrogen-bond acceptors (Lipinski definition) is 5. The van der Waals surface area contributed by atoms with Gasteiger partial charge in [0.15, 0.2) is 0 Å². The number of aromatic nitrogens is 2. The van der Waals surface area contributed by atoms with Gasteiger partial charge in [-0.05, 0) is 64.8 Å². The summed E-state index contributed by atoms with van der Waals surface area (Å²) in [6, 6.07) is 8.21. The fourth-order valence-corrected chi connectivity index (χ4v) is 4.98. The SMILES string of the molecule is CCN1CCN(C(=O)c2cnn(-c3cccc(C)c3)c2C2CCN(C(=O)OC(C)(C)C)CC2)CC1. The molecule has 0 unspecified atom stereocenters. The summed E-state index contributed by atoms with van der Waals surface area (Å²) in [5.74, 6) is 0.191. The molecule has 4 rings (SSSR count). The van der Waals surface area contributed by atoms with Gasteiger partial charge in [-0.2, -0.15) is 5.10 Å². The van der Waals surface area contributed by atoms with E-state index in [0.29, 0.717) is 18.7 Å². The Morgan fingerprint density at radius 1 is 1.03 bits per heavy atom. The number of piperidine rings is 1. The van der Waals surface area contributed by atoms with Crippen LogP contribution in [0.15, 0.2) is 30.5 Å². The predicted octanol–water partition coefficient (Wildman–Crippen LogP) is 4.07. The van der Waals surface area contributed by atoms with Crippen molar-refractivity contribution in [2.45, 2.75) is 59.0 Å². The van der Waals surface area contributed by atoms with Gasteiger partial charge in [-0.15, -0.1) is 0 Å². The summed E-state index contributed by atoms with van der Waals surface area (Å²) in [6.07, 6.45) is 3.00. The summed E-state index contributed by atoms with van der Waals surface area (Å²) in [6.45, 7) is 15.4. The highest BCUT2D eigenvalue weighted by Gasteiger charge is 2.33. The first kappa shape index (κ1) is 25.2. The molecule has 2 aromatic rings. The van der Waals surface area contributed by atoms with E-state index in [9.17, 15) is 9.59 Å². The van der Waals surface area contributed by atoms with E-state index in [1.165, 1.54) is 0 Å². The molecule has 0 radical (unpaired) electrons. The summed E-state index contributed by atoms with van der Waals surface area (Å²) in [7, 11) is 0. The van der Waals surface area contributed by atoms with Crippen molar-refractivity contribution in [1.29, 1.82) is 0 Å². The van der Waals surface area contributed by atoms with Crippen molar-refractivity contribution in [1.82, 2.24) is 24.5 Å². The van der Waals surface area contributed by atoms with Crippen molar-refractivity contribution >= 4 is 12.0 Å². The molecule has 8 nitrogen and oxygen atoms in total. The molecule has 0 spiro atoms. The van der Waals surface area contributed by atoms with E-state index in [-0.39, 0.29) is 17.9 Å². The molecular formula is C27H39N5O3. The maximum atomic E-state index is 13.7. The number of benzene rings is 1. The van der Waals surface area contributed by atoms with E-state index < -0.39 is 5.60 Å². The highest BCUT2D eigenvalue weighted by atomic mass is 16.6. The topological polar surface area (TPSA) is 70.9 Å². The second-order valence-electron chi connectivity index (χ2n) is 10.7. The molecular weight excluding hydrogens is 442 g/mol. The number of hydrogen-bond donors (Lipinski definition) is 0. The van der Waals surface area contributed by atoms with Crippen LogP contribution in [0.4, 0.5) is 4.79 Å². The summed E-state index contributed by atoms with van der Waals surface area (Å²) in [5, 5.41) is 4.71. The lowest BCUT2D eigenvalue weighted by atomic mass is 9.90. The van der Waals surface area contributed by atoms with Gasteiger partial charge < -0.3 is 19.4 Å². The molecule has 8 heteroatoms. The Kier molecular flexibility index (Phi) is 7.50. The molecule has 2 aliphatic heterocycles. The minimum atomic E-state index is -0.515. The molecule has 3 heterocycles. The lowest BCUT2D eigenvalue weighted by Gasteiger charge is -2.35. The van der Waals surface area contributed by atoms with Crippen molar-refractivity contribution in [2.24, 2.45) is 0 Å². The average Bonchev–Trinajstić information content (AvgIpc) is 3.28. The van der Waals surface area contributed by atoms with E-state index in [1.54, 1.807) is 11.1 Å². The largest absolute Gasteiger partial charge is 0.444 e. The summed E-state index contributed by atoms with van der Waals surface area (Å²) >= 11 is 0. The number of rotatable bonds is 4. The minimum absolute atomic E-state index is 0.0595. The van der Waals surface area contributed by atoms with E-state index in [0.717, 1.165) is 62.5 Å². The third-order valence-corrected chi connectivity index (χ3v) is 6.92. The van der Waals surface area contributed by atoms with Gasteiger partial charge in [0.05, 0.1) is 23.1 Å².